The number of hydrogen-bond donors (Lipinski definition) is 2. The summed E-state index contributed by atoms with van der Waals surface area (Å²) in [6.07, 6.45) is 0. The predicted octanol–water partition coefficient (Wildman–Crippen LogP) is 0.845. The summed E-state index contributed by atoms with van der Waals surface area (Å²) in [7, 11) is 0. The van der Waals surface area contributed by atoms with Gasteiger partial charge >= 0.3 is 0 Å². The normalized spacial score (nSPS) is 17.9. The lowest BCUT2D eigenvalue weighted by Gasteiger charge is -2.12. The molecular weight excluding hydrogens is 144 g/mol. The summed E-state index contributed by atoms with van der Waals surface area (Å²) in [6, 6.07) is 1.82. The van der Waals surface area contributed by atoms with Crippen LogP contribution in [-0.2, 0) is 4.74 Å². The average molecular weight is 150 g/mol. The summed E-state index contributed by atoms with van der Waals surface area (Å²) >= 11 is 0. The molecule has 11 heavy (non-hydrogen) atoms. The zero-order valence-corrected chi connectivity index (χ0v) is 5.72. The molecular formula is C6H6N4O. The maximum atomic E-state index is 8.52. The quantitative estimate of drug-likeness (QED) is 0.542. The third-order valence-electron chi connectivity index (χ3n) is 1.32. The fourth-order valence-electron chi connectivity index (χ4n) is 0.788. The molecule has 1 heterocycles. The van der Waals surface area contributed by atoms with Gasteiger partial charge in [-0.1, -0.05) is 0 Å². The number of nitriles is 1. The van der Waals surface area contributed by atoms with Gasteiger partial charge < -0.3 is 10.1 Å². The minimum absolute atomic E-state index is 0.102. The lowest BCUT2D eigenvalue weighted by Crippen LogP contribution is -2.19. The summed E-state index contributed by atoms with van der Waals surface area (Å²) in [5.74, 6) is 0. The van der Waals surface area contributed by atoms with Crippen molar-refractivity contribution in [2.45, 2.75) is 0 Å². The monoisotopic (exact) mass is 150 g/mol. The molecule has 5 heteroatoms. The van der Waals surface area contributed by atoms with E-state index in [1.165, 1.54) is 0 Å². The molecule has 0 aromatic carbocycles. The number of ether oxygens (including phenoxy) is 1. The minimum atomic E-state index is 0.102. The van der Waals surface area contributed by atoms with Gasteiger partial charge in [0, 0.05) is 0 Å². The molecule has 1 rings (SSSR count). The number of rotatable bonds is 1. The molecule has 0 aliphatic carbocycles. The molecule has 1 aliphatic rings. The lowest BCUT2D eigenvalue weighted by molar-refractivity contribution is 0.189. The second kappa shape index (κ2) is 3.03. The molecule has 0 aromatic heterocycles. The van der Waals surface area contributed by atoms with Crippen LogP contribution in [0.5, 0.6) is 0 Å². The van der Waals surface area contributed by atoms with Crippen LogP contribution in [0.4, 0.5) is 0 Å². The van der Waals surface area contributed by atoms with Crippen molar-refractivity contribution in [1.82, 2.24) is 0 Å². The Morgan fingerprint density at radius 2 is 2.27 bits per heavy atom. The molecule has 5 nitrogen and oxygen atoms in total. The van der Waals surface area contributed by atoms with Crippen LogP contribution in [0, 0.1) is 22.3 Å². The maximum Gasteiger partial charge on any atom is 0.108 e. The smallest absolute Gasteiger partial charge is 0.108 e. The van der Waals surface area contributed by atoms with E-state index in [1.54, 1.807) is 0 Å². The van der Waals surface area contributed by atoms with Crippen LogP contribution in [0.1, 0.15) is 0 Å². The Bertz CT molecular complexity index is 273. The molecule has 1 aliphatic heterocycles. The van der Waals surface area contributed by atoms with Crippen LogP contribution in [0.15, 0.2) is 16.4 Å². The van der Waals surface area contributed by atoms with E-state index in [0.29, 0.717) is 0 Å². The van der Waals surface area contributed by atoms with Crippen LogP contribution in [-0.4, -0.2) is 18.9 Å². The Hall–Kier alpha value is -1.54. The molecule has 0 aromatic rings. The molecule has 0 spiro atoms. The first kappa shape index (κ1) is 7.57. The van der Waals surface area contributed by atoms with Crippen LogP contribution in [0.25, 0.3) is 0 Å². The van der Waals surface area contributed by atoms with Crippen molar-refractivity contribution in [2.24, 2.45) is 5.11 Å². The number of nitrogens with one attached hydrogen (secondary N) is 2. The first-order valence-corrected chi connectivity index (χ1v) is 2.96. The van der Waals surface area contributed by atoms with E-state index in [-0.39, 0.29) is 30.2 Å². The first-order chi connectivity index (χ1) is 5.29. The Morgan fingerprint density at radius 3 is 2.73 bits per heavy atom. The number of hydrogen-bond acceptors (Lipinski definition) is 5. The maximum absolute atomic E-state index is 8.52. The van der Waals surface area contributed by atoms with E-state index in [2.05, 4.69) is 5.11 Å². The van der Waals surface area contributed by atoms with Crippen molar-refractivity contribution in [1.29, 1.82) is 16.2 Å². The molecule has 0 saturated carbocycles. The fourth-order valence-corrected chi connectivity index (χ4v) is 0.788. The zero-order chi connectivity index (χ0) is 8.27. The first-order valence-electron chi connectivity index (χ1n) is 2.96. The molecule has 0 atom stereocenters. The largest absolute Gasteiger partial charge is 0.369 e. The van der Waals surface area contributed by atoms with Crippen molar-refractivity contribution in [2.75, 3.05) is 13.2 Å². The van der Waals surface area contributed by atoms with Gasteiger partial charge in [-0.25, -0.2) is 5.53 Å². The minimum Gasteiger partial charge on any atom is -0.369 e. The van der Waals surface area contributed by atoms with Crippen molar-refractivity contribution >= 4 is 5.71 Å². The molecule has 2 N–H and O–H groups in total. The zero-order valence-electron chi connectivity index (χ0n) is 5.72. The Balaban J connectivity index is 3.07. The summed E-state index contributed by atoms with van der Waals surface area (Å²) in [6.45, 7) is 0.302. The molecule has 0 saturated heterocycles. The predicted molar refractivity (Wildman–Crippen MR) is 36.3 cm³/mol. The van der Waals surface area contributed by atoms with E-state index in [1.807, 2.05) is 6.07 Å². The Morgan fingerprint density at radius 1 is 1.55 bits per heavy atom. The van der Waals surface area contributed by atoms with E-state index in [4.69, 9.17) is 20.9 Å². The van der Waals surface area contributed by atoms with E-state index in [9.17, 15) is 0 Å². The highest BCUT2D eigenvalue weighted by molar-refractivity contribution is 6.03. The number of nitrogens with zero attached hydrogens (tertiary/aromatic N) is 2. The second-order valence-corrected chi connectivity index (χ2v) is 2.02. The van der Waals surface area contributed by atoms with Crippen molar-refractivity contribution in [3.8, 4) is 6.07 Å². The van der Waals surface area contributed by atoms with E-state index < -0.39 is 0 Å². The van der Waals surface area contributed by atoms with Gasteiger partial charge in [0.1, 0.15) is 17.3 Å². The molecule has 0 unspecified atom stereocenters. The Labute approximate surface area is 63.3 Å². The summed E-state index contributed by atoms with van der Waals surface area (Å²) < 4.78 is 4.87. The lowest BCUT2D eigenvalue weighted by atomic mass is 10.1. The molecule has 0 radical (unpaired) electrons. The van der Waals surface area contributed by atoms with Crippen LogP contribution < -0.4 is 0 Å². The highest BCUT2D eigenvalue weighted by Crippen LogP contribution is 2.12. The van der Waals surface area contributed by atoms with Gasteiger partial charge in [0.2, 0.25) is 0 Å². The summed E-state index contributed by atoms with van der Waals surface area (Å²) in [5.41, 5.74) is 7.17. The van der Waals surface area contributed by atoms with Crippen LogP contribution in [0.2, 0.25) is 0 Å². The van der Waals surface area contributed by atoms with E-state index >= 15 is 0 Å². The van der Waals surface area contributed by atoms with Crippen molar-refractivity contribution in [3.63, 3.8) is 0 Å². The molecule has 56 valence electrons. The topological polar surface area (TPSA) is 93.1 Å². The van der Waals surface area contributed by atoms with Crippen LogP contribution >= 0.6 is 0 Å². The Kier molecular flexibility index (Phi) is 2.09. The van der Waals surface area contributed by atoms with Crippen LogP contribution in [0.3, 0.4) is 0 Å². The third kappa shape index (κ3) is 1.30. The van der Waals surface area contributed by atoms with E-state index in [0.717, 1.165) is 0 Å². The summed E-state index contributed by atoms with van der Waals surface area (Å²) in [5, 5.41) is 18.8. The molecule has 0 fully saturated rings. The molecule has 0 amide bonds. The molecule has 0 bridgehead atoms. The van der Waals surface area contributed by atoms with Gasteiger partial charge in [0.15, 0.2) is 0 Å². The van der Waals surface area contributed by atoms with Crippen molar-refractivity contribution < 1.29 is 4.74 Å². The SMILES string of the molecule is N#CC1=C(N=N)COCC1=N. The van der Waals surface area contributed by atoms with Gasteiger partial charge in [-0.15, -0.1) is 0 Å². The van der Waals surface area contributed by atoms with Gasteiger partial charge in [-0.3, -0.25) is 0 Å². The average Bonchev–Trinajstić information content (AvgIpc) is 2.04. The van der Waals surface area contributed by atoms with Gasteiger partial charge in [-0.2, -0.15) is 10.4 Å². The second-order valence-electron chi connectivity index (χ2n) is 2.02. The fraction of sp³-hybridized carbons (Fsp3) is 0.333. The summed E-state index contributed by atoms with van der Waals surface area (Å²) in [4.78, 5) is 0. The van der Waals surface area contributed by atoms with Gasteiger partial charge in [-0.05, 0) is 0 Å². The van der Waals surface area contributed by atoms with Gasteiger partial charge in [0.25, 0.3) is 0 Å². The van der Waals surface area contributed by atoms with Gasteiger partial charge in [0.05, 0.1) is 18.9 Å². The highest BCUT2D eigenvalue weighted by atomic mass is 16.5. The third-order valence-corrected chi connectivity index (χ3v) is 1.32. The van der Waals surface area contributed by atoms with Crippen molar-refractivity contribution in [3.05, 3.63) is 11.3 Å². The highest BCUT2D eigenvalue weighted by Gasteiger charge is 2.17. The standard InChI is InChI=1S/C6H6N4O/c7-1-4-5(8)2-11-3-6(4)10-9/h8-9H,2-3H2.